The van der Waals surface area contributed by atoms with Crippen LogP contribution in [0.25, 0.3) is 0 Å². The number of amidine groups is 1. The highest BCUT2D eigenvalue weighted by atomic mass is 32.2. The smallest absolute Gasteiger partial charge is 0.303 e. The average Bonchev–Trinajstić information content (AvgIpc) is 3.39. The summed E-state index contributed by atoms with van der Waals surface area (Å²) in [5.74, 6) is -6.16. The van der Waals surface area contributed by atoms with Crippen LogP contribution in [0.15, 0.2) is 53.6 Å². The predicted octanol–water partition coefficient (Wildman–Crippen LogP) is 5.24. The van der Waals surface area contributed by atoms with Crippen molar-refractivity contribution in [2.75, 3.05) is 5.01 Å². The Bertz CT molecular complexity index is 1220. The Morgan fingerprint density at radius 3 is 2.52 bits per heavy atom. The van der Waals surface area contributed by atoms with Crippen LogP contribution in [-0.4, -0.2) is 27.0 Å². The Balaban J connectivity index is 1.87. The summed E-state index contributed by atoms with van der Waals surface area (Å²) in [4.78, 5) is -1.29. The van der Waals surface area contributed by atoms with E-state index in [1.165, 1.54) is 16.3 Å². The minimum Gasteiger partial charge on any atom is -0.383 e. The van der Waals surface area contributed by atoms with Gasteiger partial charge in [-0.15, -0.1) is 10.2 Å². The first-order valence-electron chi connectivity index (χ1n) is 9.73. The van der Waals surface area contributed by atoms with E-state index < -0.39 is 34.7 Å². The molecule has 0 saturated carbocycles. The summed E-state index contributed by atoms with van der Waals surface area (Å²) in [7, 11) is 0. The van der Waals surface area contributed by atoms with Crippen LogP contribution in [0, 0.1) is 24.0 Å². The van der Waals surface area contributed by atoms with E-state index in [1.807, 2.05) is 0 Å². The van der Waals surface area contributed by atoms with Crippen molar-refractivity contribution in [2.24, 2.45) is 10.8 Å². The van der Waals surface area contributed by atoms with Crippen LogP contribution in [0.2, 0.25) is 0 Å². The lowest BCUT2D eigenvalue weighted by atomic mass is 9.98. The number of aromatic nitrogens is 2. The molecule has 12 heteroatoms. The van der Waals surface area contributed by atoms with Gasteiger partial charge in [-0.05, 0) is 37.1 Å². The molecular formula is C21H18F4N6S2. The van der Waals surface area contributed by atoms with Gasteiger partial charge in [0.2, 0.25) is 5.13 Å². The van der Waals surface area contributed by atoms with E-state index in [4.69, 9.17) is 11.1 Å². The van der Waals surface area contributed by atoms with Crippen molar-refractivity contribution in [3.8, 4) is 0 Å². The number of aryl methyl sites for hydroxylation is 1. The Morgan fingerprint density at radius 2 is 1.88 bits per heavy atom. The standard InChI is InChI=1S/C21H18F4N6S2/c1-12-28-29-19(32-12)31-21(13-5-3-2-4-6-13,10-9-20(24,25)18(26)27)33-17(30-31)15-11-14(22)7-8-16(15)23/h2-8,11H,9-10H2,1H3,(H3,26,27). The molecule has 1 aromatic heterocycles. The second-order valence-electron chi connectivity index (χ2n) is 7.32. The third-order valence-corrected chi connectivity index (χ3v) is 7.31. The van der Waals surface area contributed by atoms with Gasteiger partial charge in [-0.1, -0.05) is 53.4 Å². The number of halogens is 4. The highest BCUT2D eigenvalue weighted by molar-refractivity contribution is 8.15. The third kappa shape index (κ3) is 4.44. The molecular weight excluding hydrogens is 476 g/mol. The van der Waals surface area contributed by atoms with Gasteiger partial charge in [0.1, 0.15) is 26.6 Å². The number of hydrogen-bond acceptors (Lipinski definition) is 7. The van der Waals surface area contributed by atoms with E-state index in [-0.39, 0.29) is 17.0 Å². The van der Waals surface area contributed by atoms with Crippen LogP contribution in [0.5, 0.6) is 0 Å². The summed E-state index contributed by atoms with van der Waals surface area (Å²) >= 11 is 2.20. The van der Waals surface area contributed by atoms with Gasteiger partial charge < -0.3 is 5.73 Å². The molecule has 33 heavy (non-hydrogen) atoms. The summed E-state index contributed by atoms with van der Waals surface area (Å²) in [6.07, 6.45) is -0.996. The van der Waals surface area contributed by atoms with Crippen LogP contribution < -0.4 is 10.7 Å². The van der Waals surface area contributed by atoms with E-state index in [2.05, 4.69) is 15.3 Å². The van der Waals surface area contributed by atoms with Gasteiger partial charge in [-0.2, -0.15) is 13.9 Å². The number of hydrogen-bond donors (Lipinski definition) is 2. The molecule has 2 aromatic carbocycles. The van der Waals surface area contributed by atoms with Crippen LogP contribution in [0.1, 0.15) is 29.0 Å². The minimum atomic E-state index is -3.56. The summed E-state index contributed by atoms with van der Waals surface area (Å²) in [5, 5.41) is 22.3. The number of nitrogens with zero attached hydrogens (tertiary/aromatic N) is 4. The lowest BCUT2D eigenvalue weighted by Gasteiger charge is -2.36. The topological polar surface area (TPSA) is 91.2 Å². The molecule has 0 fully saturated rings. The Hall–Kier alpha value is -2.99. The maximum atomic E-state index is 14.6. The van der Waals surface area contributed by atoms with Crippen molar-refractivity contribution < 1.29 is 17.6 Å². The largest absolute Gasteiger partial charge is 0.383 e. The molecule has 0 saturated heterocycles. The van der Waals surface area contributed by atoms with Gasteiger partial charge in [-0.3, -0.25) is 5.41 Å². The molecule has 1 unspecified atom stereocenters. The van der Waals surface area contributed by atoms with Crippen molar-refractivity contribution >= 4 is 39.1 Å². The second kappa shape index (κ2) is 8.75. The maximum absolute atomic E-state index is 14.6. The number of nitrogens with two attached hydrogens (primary N) is 1. The van der Waals surface area contributed by atoms with Crippen molar-refractivity contribution in [3.05, 3.63) is 76.3 Å². The third-order valence-electron chi connectivity index (χ3n) is 5.05. The molecule has 0 bridgehead atoms. The first-order chi connectivity index (χ1) is 15.6. The van der Waals surface area contributed by atoms with E-state index in [9.17, 15) is 17.6 Å². The van der Waals surface area contributed by atoms with Crippen molar-refractivity contribution in [1.29, 1.82) is 5.41 Å². The first-order valence-corrected chi connectivity index (χ1v) is 11.4. The van der Waals surface area contributed by atoms with E-state index in [1.54, 1.807) is 37.3 Å². The highest BCUT2D eigenvalue weighted by Gasteiger charge is 2.50. The minimum absolute atomic E-state index is 0.0950. The molecule has 0 radical (unpaired) electrons. The zero-order valence-electron chi connectivity index (χ0n) is 17.2. The van der Waals surface area contributed by atoms with Crippen molar-refractivity contribution in [3.63, 3.8) is 0 Å². The number of benzene rings is 2. The molecule has 3 N–H and O–H groups in total. The zero-order chi connectivity index (χ0) is 23.8. The second-order valence-corrected chi connectivity index (χ2v) is 9.74. The van der Waals surface area contributed by atoms with E-state index in [0.717, 1.165) is 30.0 Å². The highest BCUT2D eigenvalue weighted by Crippen LogP contribution is 2.53. The molecule has 2 heterocycles. The average molecular weight is 495 g/mol. The summed E-state index contributed by atoms with van der Waals surface area (Å²) in [6, 6.07) is 11.7. The molecule has 1 aliphatic heterocycles. The molecule has 6 nitrogen and oxygen atoms in total. The van der Waals surface area contributed by atoms with Gasteiger partial charge in [0.25, 0.3) is 0 Å². The molecule has 0 aliphatic carbocycles. The fourth-order valence-electron chi connectivity index (χ4n) is 3.38. The Labute approximate surface area is 195 Å². The van der Waals surface area contributed by atoms with Crippen molar-refractivity contribution in [2.45, 2.75) is 30.6 Å². The van der Waals surface area contributed by atoms with E-state index in [0.29, 0.717) is 15.7 Å². The van der Waals surface area contributed by atoms with Crippen LogP contribution in [0.4, 0.5) is 22.7 Å². The monoisotopic (exact) mass is 494 g/mol. The Morgan fingerprint density at radius 1 is 1.15 bits per heavy atom. The number of rotatable bonds is 7. The van der Waals surface area contributed by atoms with E-state index >= 15 is 0 Å². The van der Waals surface area contributed by atoms with Gasteiger partial charge >= 0.3 is 5.92 Å². The molecule has 4 rings (SSSR count). The summed E-state index contributed by atoms with van der Waals surface area (Å²) < 4.78 is 57.4. The van der Waals surface area contributed by atoms with Crippen molar-refractivity contribution in [1.82, 2.24) is 10.2 Å². The van der Waals surface area contributed by atoms with Crippen LogP contribution in [0.3, 0.4) is 0 Å². The predicted molar refractivity (Wildman–Crippen MR) is 122 cm³/mol. The fraction of sp³-hybridized carbons (Fsp3) is 0.238. The zero-order valence-corrected chi connectivity index (χ0v) is 18.9. The summed E-state index contributed by atoms with van der Waals surface area (Å²) in [5.41, 5.74) is 5.61. The number of hydrazone groups is 1. The van der Waals surface area contributed by atoms with Crippen LogP contribution in [-0.2, 0) is 4.87 Å². The lowest BCUT2D eigenvalue weighted by Crippen LogP contribution is -2.41. The van der Waals surface area contributed by atoms with Gasteiger partial charge in [0, 0.05) is 12.0 Å². The molecule has 3 aromatic rings. The molecule has 0 spiro atoms. The maximum Gasteiger partial charge on any atom is 0.303 e. The first kappa shape index (κ1) is 23.2. The van der Waals surface area contributed by atoms with Gasteiger partial charge in [-0.25, -0.2) is 13.8 Å². The SMILES string of the molecule is Cc1nnc(N2N=C(c3cc(F)ccc3F)SC2(CCC(F)(F)C(=N)N)c2ccccc2)s1. The molecule has 172 valence electrons. The Kier molecular flexibility index (Phi) is 6.14. The number of thioether (sulfide) groups is 1. The fourth-order valence-corrected chi connectivity index (χ4v) is 5.53. The molecule has 1 atom stereocenters. The number of nitrogens with one attached hydrogen (secondary N) is 1. The number of anilines is 1. The quantitative estimate of drug-likeness (QED) is 0.266. The summed E-state index contributed by atoms with van der Waals surface area (Å²) in [6.45, 7) is 1.73. The number of alkyl halides is 2. The lowest BCUT2D eigenvalue weighted by molar-refractivity contribution is 0.0597. The molecule has 1 aliphatic rings. The van der Waals surface area contributed by atoms with Gasteiger partial charge in [0.15, 0.2) is 5.84 Å². The van der Waals surface area contributed by atoms with Crippen LogP contribution >= 0.6 is 23.1 Å². The molecule has 0 amide bonds. The normalized spacial score (nSPS) is 18.5. The van der Waals surface area contributed by atoms with Gasteiger partial charge in [0.05, 0.1) is 0 Å².